The van der Waals surface area contributed by atoms with Gasteiger partial charge in [0, 0.05) is 12.0 Å². The highest BCUT2D eigenvalue weighted by molar-refractivity contribution is 6.32. The van der Waals surface area contributed by atoms with Crippen molar-refractivity contribution in [2.45, 2.75) is 19.4 Å². The van der Waals surface area contributed by atoms with E-state index in [0.29, 0.717) is 17.3 Å². The van der Waals surface area contributed by atoms with E-state index in [-0.39, 0.29) is 0 Å². The quantitative estimate of drug-likeness (QED) is 0.402. The molecule has 4 aromatic rings. The van der Waals surface area contributed by atoms with Crippen LogP contribution in [0.15, 0.2) is 59.0 Å². The summed E-state index contributed by atoms with van der Waals surface area (Å²) in [5.41, 5.74) is 3.04. The third-order valence-electron chi connectivity index (χ3n) is 4.60. The van der Waals surface area contributed by atoms with E-state index in [1.807, 2.05) is 48.5 Å². The molecule has 2 heterocycles. The summed E-state index contributed by atoms with van der Waals surface area (Å²) in [5.74, 6) is 3.37. The lowest BCUT2D eigenvalue weighted by atomic mass is 10.2. The summed E-state index contributed by atoms with van der Waals surface area (Å²) in [4.78, 5) is 7.96. The van der Waals surface area contributed by atoms with Crippen molar-refractivity contribution in [2.24, 2.45) is 0 Å². The summed E-state index contributed by atoms with van der Waals surface area (Å²) >= 11 is 6.19. The van der Waals surface area contributed by atoms with Gasteiger partial charge in [0.25, 0.3) is 0 Å². The molecule has 144 valence electrons. The number of benzene rings is 2. The first-order valence-corrected chi connectivity index (χ1v) is 9.68. The lowest BCUT2D eigenvalue weighted by Gasteiger charge is -2.04. The predicted molar refractivity (Wildman–Crippen MR) is 112 cm³/mol. The minimum Gasteiger partial charge on any atom is -0.495 e. The number of furan rings is 1. The molecule has 0 bridgehead atoms. The van der Waals surface area contributed by atoms with E-state index >= 15 is 0 Å². The normalized spacial score (nSPS) is 11.2. The van der Waals surface area contributed by atoms with Gasteiger partial charge in [-0.3, -0.25) is 0 Å². The molecule has 0 unspecified atom stereocenters. The van der Waals surface area contributed by atoms with Crippen LogP contribution < -0.4 is 10.1 Å². The molecule has 0 spiro atoms. The van der Waals surface area contributed by atoms with Crippen molar-refractivity contribution in [1.82, 2.24) is 15.3 Å². The first-order valence-electron chi connectivity index (χ1n) is 9.30. The molecule has 2 aromatic carbocycles. The first kappa shape index (κ1) is 18.6. The largest absolute Gasteiger partial charge is 0.495 e. The number of para-hydroxylation sites is 2. The SMILES string of the molecule is COc1ccc(-c2ccc(CNCCCc3nc4ccccc4[nH]3)o2)cc1Cl. The number of nitrogens with zero attached hydrogens (tertiary/aromatic N) is 1. The van der Waals surface area contributed by atoms with Crippen molar-refractivity contribution < 1.29 is 9.15 Å². The van der Waals surface area contributed by atoms with E-state index in [0.717, 1.165) is 53.3 Å². The molecule has 0 radical (unpaired) electrons. The van der Waals surface area contributed by atoms with Crippen LogP contribution in [0.25, 0.3) is 22.4 Å². The molecule has 4 rings (SSSR count). The Balaban J connectivity index is 1.26. The average molecular weight is 396 g/mol. The number of methoxy groups -OCH3 is 1. The second-order valence-corrected chi connectivity index (χ2v) is 7.00. The lowest BCUT2D eigenvalue weighted by molar-refractivity contribution is 0.415. The van der Waals surface area contributed by atoms with Gasteiger partial charge < -0.3 is 19.5 Å². The van der Waals surface area contributed by atoms with E-state index in [2.05, 4.69) is 21.4 Å². The third kappa shape index (κ3) is 4.21. The summed E-state index contributed by atoms with van der Waals surface area (Å²) in [7, 11) is 1.60. The van der Waals surface area contributed by atoms with Crippen LogP contribution in [0.3, 0.4) is 0 Å². The minimum absolute atomic E-state index is 0.571. The van der Waals surface area contributed by atoms with E-state index in [4.69, 9.17) is 20.8 Å². The number of hydrogen-bond donors (Lipinski definition) is 2. The average Bonchev–Trinajstić information content (AvgIpc) is 3.34. The van der Waals surface area contributed by atoms with Gasteiger partial charge >= 0.3 is 0 Å². The van der Waals surface area contributed by atoms with Crippen molar-refractivity contribution in [3.63, 3.8) is 0 Å². The number of fused-ring (bicyclic) bond motifs is 1. The summed E-state index contributed by atoms with van der Waals surface area (Å²) in [6, 6.07) is 17.7. The Morgan fingerprint density at radius 1 is 1.14 bits per heavy atom. The monoisotopic (exact) mass is 395 g/mol. The fourth-order valence-electron chi connectivity index (χ4n) is 3.16. The van der Waals surface area contributed by atoms with Gasteiger partial charge in [-0.2, -0.15) is 0 Å². The highest BCUT2D eigenvalue weighted by atomic mass is 35.5. The van der Waals surface area contributed by atoms with E-state index in [9.17, 15) is 0 Å². The van der Waals surface area contributed by atoms with Crippen LogP contribution in [0.4, 0.5) is 0 Å². The number of aromatic amines is 1. The summed E-state index contributed by atoms with van der Waals surface area (Å²) in [6.45, 7) is 1.57. The zero-order valence-electron chi connectivity index (χ0n) is 15.7. The maximum atomic E-state index is 6.19. The first-order chi connectivity index (χ1) is 13.7. The fourth-order valence-corrected chi connectivity index (χ4v) is 3.42. The Morgan fingerprint density at radius 3 is 2.86 bits per heavy atom. The zero-order chi connectivity index (χ0) is 19.3. The summed E-state index contributed by atoms with van der Waals surface area (Å²) in [6.07, 6.45) is 1.91. The molecule has 0 aliphatic rings. The number of halogens is 1. The fraction of sp³-hybridized carbons (Fsp3) is 0.227. The minimum atomic E-state index is 0.571. The molecular weight excluding hydrogens is 374 g/mol. The summed E-state index contributed by atoms with van der Waals surface area (Å²) in [5, 5.41) is 3.99. The van der Waals surface area contributed by atoms with Gasteiger partial charge in [-0.1, -0.05) is 23.7 Å². The number of hydrogen-bond acceptors (Lipinski definition) is 4. The molecule has 0 saturated carbocycles. The molecule has 0 aliphatic carbocycles. The third-order valence-corrected chi connectivity index (χ3v) is 4.90. The Morgan fingerprint density at radius 2 is 2.04 bits per heavy atom. The highest BCUT2D eigenvalue weighted by Crippen LogP contribution is 2.31. The Labute approximate surface area is 168 Å². The molecule has 2 N–H and O–H groups in total. The second-order valence-electron chi connectivity index (χ2n) is 6.60. The lowest BCUT2D eigenvalue weighted by Crippen LogP contribution is -2.15. The number of aryl methyl sites for hydroxylation is 1. The van der Waals surface area contributed by atoms with Gasteiger partial charge in [0.05, 0.1) is 29.7 Å². The van der Waals surface area contributed by atoms with Crippen LogP contribution in [0.5, 0.6) is 5.75 Å². The van der Waals surface area contributed by atoms with Crippen LogP contribution in [0.1, 0.15) is 18.0 Å². The Hall–Kier alpha value is -2.76. The molecule has 2 aromatic heterocycles. The molecule has 0 aliphatic heterocycles. The van der Waals surface area contributed by atoms with Gasteiger partial charge in [0.15, 0.2) is 0 Å². The zero-order valence-corrected chi connectivity index (χ0v) is 16.4. The second kappa shape index (κ2) is 8.50. The number of rotatable bonds is 8. The molecule has 0 saturated heterocycles. The standard InChI is InChI=1S/C22H22ClN3O2/c1-27-21-10-8-15(13-17(21)23)20-11-9-16(28-20)14-24-12-4-7-22-25-18-5-2-3-6-19(18)26-22/h2-3,5-6,8-11,13,24H,4,7,12,14H2,1H3,(H,25,26). The molecular formula is C22H22ClN3O2. The number of aromatic nitrogens is 2. The van der Waals surface area contributed by atoms with Crippen molar-refractivity contribution in [2.75, 3.05) is 13.7 Å². The number of ether oxygens (including phenoxy) is 1. The Bertz CT molecular complexity index is 1040. The van der Waals surface area contributed by atoms with Crippen molar-refractivity contribution >= 4 is 22.6 Å². The smallest absolute Gasteiger partial charge is 0.137 e. The van der Waals surface area contributed by atoms with Gasteiger partial charge in [-0.25, -0.2) is 4.98 Å². The van der Waals surface area contributed by atoms with Crippen LogP contribution in [0, 0.1) is 0 Å². The van der Waals surface area contributed by atoms with Crippen molar-refractivity contribution in [3.8, 4) is 17.1 Å². The van der Waals surface area contributed by atoms with E-state index in [1.54, 1.807) is 7.11 Å². The molecule has 0 atom stereocenters. The van der Waals surface area contributed by atoms with Crippen LogP contribution >= 0.6 is 11.6 Å². The van der Waals surface area contributed by atoms with E-state index in [1.165, 1.54) is 0 Å². The maximum absolute atomic E-state index is 6.19. The van der Waals surface area contributed by atoms with Crippen molar-refractivity contribution in [1.29, 1.82) is 0 Å². The van der Waals surface area contributed by atoms with Gasteiger partial charge in [-0.15, -0.1) is 0 Å². The molecule has 6 heteroatoms. The molecule has 5 nitrogen and oxygen atoms in total. The number of imidazole rings is 1. The number of nitrogens with one attached hydrogen (secondary N) is 2. The highest BCUT2D eigenvalue weighted by Gasteiger charge is 2.08. The van der Waals surface area contributed by atoms with Gasteiger partial charge in [0.1, 0.15) is 23.1 Å². The molecule has 0 amide bonds. The number of H-pyrrole nitrogens is 1. The van der Waals surface area contributed by atoms with Crippen LogP contribution in [-0.2, 0) is 13.0 Å². The molecule has 0 fully saturated rings. The molecule has 28 heavy (non-hydrogen) atoms. The topological polar surface area (TPSA) is 63.1 Å². The van der Waals surface area contributed by atoms with Gasteiger partial charge in [0.2, 0.25) is 0 Å². The van der Waals surface area contributed by atoms with Crippen LogP contribution in [0.2, 0.25) is 5.02 Å². The predicted octanol–water partition coefficient (Wildman–Crippen LogP) is 5.21. The van der Waals surface area contributed by atoms with Crippen molar-refractivity contribution in [3.05, 3.63) is 71.2 Å². The maximum Gasteiger partial charge on any atom is 0.137 e. The summed E-state index contributed by atoms with van der Waals surface area (Å²) < 4.78 is 11.1. The Kier molecular flexibility index (Phi) is 5.65. The van der Waals surface area contributed by atoms with Gasteiger partial charge in [-0.05, 0) is 55.4 Å². The van der Waals surface area contributed by atoms with Crippen LogP contribution in [-0.4, -0.2) is 23.6 Å². The van der Waals surface area contributed by atoms with E-state index < -0.39 is 0 Å².